The summed E-state index contributed by atoms with van der Waals surface area (Å²) in [6.07, 6.45) is -0.614. The van der Waals surface area contributed by atoms with E-state index >= 15 is 0 Å². The maximum Gasteiger partial charge on any atom is 0.407 e. The van der Waals surface area contributed by atoms with E-state index < -0.39 is 56.1 Å². The van der Waals surface area contributed by atoms with Gasteiger partial charge in [0.05, 0.1) is 6.04 Å². The number of halogens is 1. The highest BCUT2D eigenvalue weighted by Gasteiger charge is 2.38. The van der Waals surface area contributed by atoms with E-state index in [4.69, 9.17) is 4.74 Å². The molecule has 14 heteroatoms. The number of benzene rings is 1. The Morgan fingerprint density at radius 3 is 2.53 bits per heavy atom. The molecule has 0 radical (unpaired) electrons. The number of hydrogen-bond acceptors (Lipinski definition) is 8. The molecule has 1 aromatic rings. The SMILES string of the molecule is CC(C)C[C@H](NC(=O)OCC(C)(C)Sc1cccc(F)c1)C(=O)N[C@@H](C[C@@H]1CCNC1=O)[C@H](O)S(=O)(=O)O. The van der Waals surface area contributed by atoms with Gasteiger partial charge in [-0.2, -0.15) is 8.42 Å². The van der Waals surface area contributed by atoms with Crippen molar-refractivity contribution >= 4 is 39.8 Å². The molecule has 0 spiro atoms. The van der Waals surface area contributed by atoms with Gasteiger partial charge in [-0.1, -0.05) is 19.9 Å². The summed E-state index contributed by atoms with van der Waals surface area (Å²) in [4.78, 5) is 38.3. The summed E-state index contributed by atoms with van der Waals surface area (Å²) in [7, 11) is -4.96. The van der Waals surface area contributed by atoms with Crippen molar-refractivity contribution in [2.75, 3.05) is 13.2 Å². The van der Waals surface area contributed by atoms with E-state index in [0.29, 0.717) is 17.9 Å². The van der Waals surface area contributed by atoms with E-state index in [-0.39, 0.29) is 31.3 Å². The number of alkyl carbamates (subject to hydrolysis) is 1. The number of carbonyl (C=O) groups is 3. The number of aliphatic hydroxyl groups excluding tert-OH is 1. The zero-order valence-corrected chi connectivity index (χ0v) is 23.4. The van der Waals surface area contributed by atoms with Crippen LogP contribution in [0.4, 0.5) is 9.18 Å². The summed E-state index contributed by atoms with van der Waals surface area (Å²) in [5.41, 5.74) is -2.37. The van der Waals surface area contributed by atoms with Gasteiger partial charge < -0.3 is 25.8 Å². The van der Waals surface area contributed by atoms with Crippen LogP contribution in [0.3, 0.4) is 0 Å². The zero-order chi connectivity index (χ0) is 28.7. The van der Waals surface area contributed by atoms with Crippen molar-refractivity contribution in [1.82, 2.24) is 16.0 Å². The Labute approximate surface area is 226 Å². The van der Waals surface area contributed by atoms with E-state index in [2.05, 4.69) is 16.0 Å². The minimum atomic E-state index is -4.96. The molecule has 38 heavy (non-hydrogen) atoms. The van der Waals surface area contributed by atoms with E-state index in [1.54, 1.807) is 39.8 Å². The van der Waals surface area contributed by atoms with Gasteiger partial charge in [0.2, 0.25) is 17.3 Å². The van der Waals surface area contributed by atoms with Crippen LogP contribution in [0.15, 0.2) is 29.2 Å². The fourth-order valence-electron chi connectivity index (χ4n) is 3.92. The van der Waals surface area contributed by atoms with Crippen LogP contribution in [0.1, 0.15) is 47.0 Å². The second-order valence-electron chi connectivity index (χ2n) is 10.3. The van der Waals surface area contributed by atoms with Gasteiger partial charge in [-0.25, -0.2) is 9.18 Å². The van der Waals surface area contributed by atoms with Crippen molar-refractivity contribution in [1.29, 1.82) is 0 Å². The van der Waals surface area contributed by atoms with Gasteiger partial charge in [0.1, 0.15) is 18.5 Å². The molecule has 0 aliphatic carbocycles. The van der Waals surface area contributed by atoms with Crippen molar-refractivity contribution in [2.24, 2.45) is 11.8 Å². The minimum Gasteiger partial charge on any atom is -0.448 e. The van der Waals surface area contributed by atoms with Crippen LogP contribution in [0.2, 0.25) is 0 Å². The predicted molar refractivity (Wildman–Crippen MR) is 139 cm³/mol. The topological polar surface area (TPSA) is 171 Å². The third-order valence-corrected chi connectivity index (χ3v) is 7.83. The smallest absolute Gasteiger partial charge is 0.407 e. The summed E-state index contributed by atoms with van der Waals surface area (Å²) in [5.74, 6) is -2.30. The lowest BCUT2D eigenvalue weighted by atomic mass is 9.97. The highest BCUT2D eigenvalue weighted by molar-refractivity contribution is 8.00. The summed E-state index contributed by atoms with van der Waals surface area (Å²) in [6, 6.07) is 3.33. The molecule has 0 aromatic heterocycles. The van der Waals surface area contributed by atoms with Crippen LogP contribution < -0.4 is 16.0 Å². The Balaban J connectivity index is 2.06. The van der Waals surface area contributed by atoms with Gasteiger partial charge in [-0.3, -0.25) is 14.1 Å². The molecule has 2 rings (SSSR count). The standard InChI is InChI=1S/C24H36FN3O8S2/c1-14(2)10-18(28-23(32)36-13-24(3,4)37-17-7-5-6-16(25)12-17)21(30)27-19(22(31)38(33,34)35)11-15-8-9-26-20(15)29/h5-7,12,14-15,18-19,22,31H,8-11,13H2,1-4H3,(H,26,29)(H,27,30)(H,28,32)(H,33,34,35)/t15-,18-,19-,22+/m0/s1. The quantitative estimate of drug-likeness (QED) is 0.174. The summed E-state index contributed by atoms with van der Waals surface area (Å²) in [6.45, 7) is 7.50. The largest absolute Gasteiger partial charge is 0.448 e. The highest BCUT2D eigenvalue weighted by atomic mass is 32.2. The Morgan fingerprint density at radius 1 is 1.29 bits per heavy atom. The first-order chi connectivity index (χ1) is 17.6. The second kappa shape index (κ2) is 13.6. The van der Waals surface area contributed by atoms with Crippen LogP contribution in [0.25, 0.3) is 0 Å². The van der Waals surface area contributed by atoms with Gasteiger partial charge >= 0.3 is 6.09 Å². The summed E-state index contributed by atoms with van der Waals surface area (Å²) >= 11 is 1.30. The highest BCUT2D eigenvalue weighted by Crippen LogP contribution is 2.33. The van der Waals surface area contributed by atoms with Gasteiger partial charge in [-0.15, -0.1) is 11.8 Å². The predicted octanol–water partition coefficient (Wildman–Crippen LogP) is 2.05. The average molecular weight is 578 g/mol. The molecule has 5 N–H and O–H groups in total. The molecule has 11 nitrogen and oxygen atoms in total. The Bertz CT molecular complexity index is 1100. The fraction of sp³-hybridized carbons (Fsp3) is 0.625. The normalized spacial score (nSPS) is 18.4. The lowest BCUT2D eigenvalue weighted by Gasteiger charge is -2.28. The number of ether oxygens (including phenoxy) is 1. The minimum absolute atomic E-state index is 0.0725. The van der Waals surface area contributed by atoms with Crippen molar-refractivity contribution in [2.45, 2.75) is 74.1 Å². The number of carbonyl (C=O) groups excluding carboxylic acids is 3. The molecule has 1 heterocycles. The van der Waals surface area contributed by atoms with Crippen molar-refractivity contribution < 1.29 is 41.6 Å². The van der Waals surface area contributed by atoms with Gasteiger partial charge in [0.15, 0.2) is 0 Å². The van der Waals surface area contributed by atoms with Crippen LogP contribution in [-0.2, 0) is 24.4 Å². The van der Waals surface area contributed by atoms with Crippen LogP contribution >= 0.6 is 11.8 Å². The molecule has 0 bridgehead atoms. The van der Waals surface area contributed by atoms with Crippen LogP contribution in [-0.4, -0.2) is 71.4 Å². The molecule has 0 unspecified atom stereocenters. The maximum atomic E-state index is 13.5. The van der Waals surface area contributed by atoms with E-state index in [1.165, 1.54) is 23.9 Å². The summed E-state index contributed by atoms with van der Waals surface area (Å²) in [5, 5.41) is 17.6. The molecule has 1 aromatic carbocycles. The monoisotopic (exact) mass is 577 g/mol. The fourth-order valence-corrected chi connectivity index (χ4v) is 5.59. The average Bonchev–Trinajstić information content (AvgIpc) is 3.19. The molecule has 4 atom stereocenters. The Morgan fingerprint density at radius 2 is 1.97 bits per heavy atom. The maximum absolute atomic E-state index is 13.5. The number of hydrogen-bond donors (Lipinski definition) is 5. The Kier molecular flexibility index (Phi) is 11.4. The van der Waals surface area contributed by atoms with Gasteiger partial charge in [-0.05, 0) is 57.2 Å². The van der Waals surface area contributed by atoms with Gasteiger partial charge in [0.25, 0.3) is 10.1 Å². The lowest BCUT2D eigenvalue weighted by molar-refractivity contribution is -0.126. The van der Waals surface area contributed by atoms with E-state index in [1.807, 2.05) is 0 Å². The number of rotatable bonds is 13. The molecule has 0 saturated carbocycles. The van der Waals surface area contributed by atoms with E-state index in [0.717, 1.165) is 0 Å². The Hall–Kier alpha value is -2.42. The lowest BCUT2D eigenvalue weighted by Crippen LogP contribution is -2.55. The molecular formula is C24H36FN3O8S2. The number of aliphatic hydroxyl groups is 1. The first kappa shape index (κ1) is 31.8. The molecule has 1 aliphatic rings. The van der Waals surface area contributed by atoms with Crippen molar-refractivity contribution in [3.8, 4) is 0 Å². The van der Waals surface area contributed by atoms with Gasteiger partial charge in [0, 0.05) is 22.1 Å². The zero-order valence-electron chi connectivity index (χ0n) is 21.8. The van der Waals surface area contributed by atoms with Crippen LogP contribution in [0, 0.1) is 17.7 Å². The molecule has 1 fully saturated rings. The third kappa shape index (κ3) is 10.4. The molecule has 3 amide bonds. The number of amides is 3. The number of nitrogens with one attached hydrogen (secondary N) is 3. The third-order valence-electron chi connectivity index (χ3n) is 5.74. The number of thioether (sulfide) groups is 1. The van der Waals surface area contributed by atoms with Crippen LogP contribution in [0.5, 0.6) is 0 Å². The molecule has 1 saturated heterocycles. The summed E-state index contributed by atoms with van der Waals surface area (Å²) < 4.78 is 50.7. The second-order valence-corrected chi connectivity index (χ2v) is 13.5. The van der Waals surface area contributed by atoms with E-state index in [9.17, 15) is 36.9 Å². The van der Waals surface area contributed by atoms with Crippen molar-refractivity contribution in [3.05, 3.63) is 30.1 Å². The first-order valence-corrected chi connectivity index (χ1v) is 14.5. The molecular weight excluding hydrogens is 541 g/mol. The molecule has 1 aliphatic heterocycles. The molecule has 214 valence electrons. The van der Waals surface area contributed by atoms with Crippen molar-refractivity contribution in [3.63, 3.8) is 0 Å². The first-order valence-electron chi connectivity index (χ1n) is 12.2.